The molecule has 4 nitrogen and oxygen atoms in total. The first kappa shape index (κ1) is 16.0. The second kappa shape index (κ2) is 6.69. The molecule has 0 bridgehead atoms. The SMILES string of the molecule is CC(NC(=O)c1cccc(Cl)c1Cl)c1ccc2c(c1)OCCO2. The van der Waals surface area contributed by atoms with Gasteiger partial charge in [-0.1, -0.05) is 35.3 Å². The number of carbonyl (C=O) groups excluding carboxylic acids is 1. The molecule has 1 N–H and O–H groups in total. The van der Waals surface area contributed by atoms with Crippen LogP contribution in [0, 0.1) is 0 Å². The van der Waals surface area contributed by atoms with E-state index in [9.17, 15) is 4.79 Å². The number of halogens is 2. The first-order chi connectivity index (χ1) is 11.1. The number of rotatable bonds is 3. The van der Waals surface area contributed by atoms with E-state index in [2.05, 4.69) is 5.32 Å². The second-order valence-electron chi connectivity index (χ2n) is 5.20. The average molecular weight is 352 g/mol. The Balaban J connectivity index is 1.77. The van der Waals surface area contributed by atoms with E-state index in [4.69, 9.17) is 32.7 Å². The highest BCUT2D eigenvalue weighted by Crippen LogP contribution is 2.33. The lowest BCUT2D eigenvalue weighted by molar-refractivity contribution is 0.0940. The number of ether oxygens (including phenoxy) is 2. The van der Waals surface area contributed by atoms with Crippen LogP contribution >= 0.6 is 23.2 Å². The van der Waals surface area contributed by atoms with Crippen LogP contribution in [0.25, 0.3) is 0 Å². The predicted molar refractivity (Wildman–Crippen MR) is 89.8 cm³/mol. The molecule has 1 aliphatic heterocycles. The summed E-state index contributed by atoms with van der Waals surface area (Å²) in [6, 6.07) is 10.4. The number of fused-ring (bicyclic) bond motifs is 1. The minimum Gasteiger partial charge on any atom is -0.486 e. The summed E-state index contributed by atoms with van der Waals surface area (Å²) in [6.45, 7) is 2.96. The van der Waals surface area contributed by atoms with Crippen LogP contribution in [0.3, 0.4) is 0 Å². The molecule has 2 aromatic rings. The summed E-state index contributed by atoms with van der Waals surface area (Å²) in [4.78, 5) is 12.4. The molecule has 1 amide bonds. The van der Waals surface area contributed by atoms with Gasteiger partial charge >= 0.3 is 0 Å². The van der Waals surface area contributed by atoms with Crippen LogP contribution in [0.1, 0.15) is 28.9 Å². The summed E-state index contributed by atoms with van der Waals surface area (Å²) in [7, 11) is 0. The third-order valence-corrected chi connectivity index (χ3v) is 4.43. The van der Waals surface area contributed by atoms with E-state index in [1.54, 1.807) is 18.2 Å². The third-order valence-electron chi connectivity index (χ3n) is 3.61. The van der Waals surface area contributed by atoms with E-state index in [0.717, 1.165) is 11.3 Å². The summed E-state index contributed by atoms with van der Waals surface area (Å²) < 4.78 is 11.1. The third kappa shape index (κ3) is 3.38. The van der Waals surface area contributed by atoms with Crippen molar-refractivity contribution in [3.63, 3.8) is 0 Å². The Morgan fingerprint density at radius 3 is 2.65 bits per heavy atom. The Kier molecular flexibility index (Phi) is 4.64. The van der Waals surface area contributed by atoms with Crippen LogP contribution in [0.2, 0.25) is 10.0 Å². The molecule has 0 saturated heterocycles. The molecule has 0 saturated carbocycles. The van der Waals surface area contributed by atoms with Crippen molar-refractivity contribution in [1.82, 2.24) is 5.32 Å². The van der Waals surface area contributed by atoms with Crippen LogP contribution in [-0.4, -0.2) is 19.1 Å². The molecule has 0 aliphatic carbocycles. The minimum absolute atomic E-state index is 0.214. The Morgan fingerprint density at radius 2 is 1.87 bits per heavy atom. The predicted octanol–water partition coefficient (Wildman–Crippen LogP) is 4.26. The number of carbonyl (C=O) groups is 1. The van der Waals surface area contributed by atoms with Crippen LogP contribution in [0.4, 0.5) is 0 Å². The first-order valence-electron chi connectivity index (χ1n) is 7.20. The number of hydrogen-bond acceptors (Lipinski definition) is 3. The number of hydrogen-bond donors (Lipinski definition) is 1. The summed E-state index contributed by atoms with van der Waals surface area (Å²) in [6.07, 6.45) is 0. The quantitative estimate of drug-likeness (QED) is 0.898. The fourth-order valence-corrected chi connectivity index (χ4v) is 2.75. The highest BCUT2D eigenvalue weighted by Gasteiger charge is 2.18. The first-order valence-corrected chi connectivity index (χ1v) is 7.96. The highest BCUT2D eigenvalue weighted by molar-refractivity contribution is 6.43. The second-order valence-corrected chi connectivity index (χ2v) is 5.98. The van der Waals surface area contributed by atoms with Crippen molar-refractivity contribution >= 4 is 29.1 Å². The van der Waals surface area contributed by atoms with E-state index in [1.165, 1.54) is 0 Å². The van der Waals surface area contributed by atoms with Gasteiger partial charge in [-0.25, -0.2) is 0 Å². The van der Waals surface area contributed by atoms with Gasteiger partial charge in [0.25, 0.3) is 5.91 Å². The van der Waals surface area contributed by atoms with Crippen LogP contribution < -0.4 is 14.8 Å². The molecular formula is C17H15Cl2NO3. The monoisotopic (exact) mass is 351 g/mol. The van der Waals surface area contributed by atoms with Gasteiger partial charge in [-0.15, -0.1) is 0 Å². The molecule has 120 valence electrons. The van der Waals surface area contributed by atoms with Gasteiger partial charge in [0.05, 0.1) is 21.7 Å². The zero-order valence-corrected chi connectivity index (χ0v) is 13.9. The summed E-state index contributed by atoms with van der Waals surface area (Å²) in [5.74, 6) is 1.13. The maximum atomic E-state index is 12.4. The molecule has 1 aliphatic rings. The number of amides is 1. The molecule has 1 heterocycles. The van der Waals surface area contributed by atoms with E-state index in [1.807, 2.05) is 25.1 Å². The van der Waals surface area contributed by atoms with Gasteiger partial charge in [0, 0.05) is 0 Å². The van der Waals surface area contributed by atoms with Gasteiger partial charge in [0.2, 0.25) is 0 Å². The average Bonchev–Trinajstić information content (AvgIpc) is 2.56. The largest absolute Gasteiger partial charge is 0.486 e. The van der Waals surface area contributed by atoms with Crippen LogP contribution in [0.15, 0.2) is 36.4 Å². The molecule has 0 radical (unpaired) electrons. The molecule has 6 heteroatoms. The Morgan fingerprint density at radius 1 is 1.13 bits per heavy atom. The molecule has 0 aromatic heterocycles. The molecule has 2 aromatic carbocycles. The maximum Gasteiger partial charge on any atom is 0.253 e. The van der Waals surface area contributed by atoms with E-state index >= 15 is 0 Å². The Bertz CT molecular complexity index is 749. The Labute approximate surface area is 144 Å². The van der Waals surface area contributed by atoms with Gasteiger partial charge in [-0.05, 0) is 36.8 Å². The van der Waals surface area contributed by atoms with Crippen LogP contribution in [-0.2, 0) is 0 Å². The minimum atomic E-state index is -0.278. The zero-order valence-electron chi connectivity index (χ0n) is 12.4. The summed E-state index contributed by atoms with van der Waals surface area (Å²) in [5, 5.41) is 3.51. The molecule has 1 unspecified atom stereocenters. The number of benzene rings is 2. The smallest absolute Gasteiger partial charge is 0.253 e. The summed E-state index contributed by atoms with van der Waals surface area (Å²) in [5.41, 5.74) is 1.27. The highest BCUT2D eigenvalue weighted by atomic mass is 35.5. The lowest BCUT2D eigenvalue weighted by atomic mass is 10.1. The van der Waals surface area contributed by atoms with Crippen molar-refractivity contribution in [1.29, 1.82) is 0 Å². The van der Waals surface area contributed by atoms with Gasteiger partial charge < -0.3 is 14.8 Å². The van der Waals surface area contributed by atoms with Crippen molar-refractivity contribution < 1.29 is 14.3 Å². The molecule has 0 fully saturated rings. The van der Waals surface area contributed by atoms with Crippen molar-refractivity contribution in [3.05, 3.63) is 57.6 Å². The van der Waals surface area contributed by atoms with Gasteiger partial charge in [0.1, 0.15) is 13.2 Å². The Hall–Kier alpha value is -1.91. The molecule has 23 heavy (non-hydrogen) atoms. The van der Waals surface area contributed by atoms with Crippen molar-refractivity contribution in [2.45, 2.75) is 13.0 Å². The lowest BCUT2D eigenvalue weighted by Gasteiger charge is -2.21. The molecule has 3 rings (SSSR count). The van der Waals surface area contributed by atoms with E-state index in [-0.39, 0.29) is 17.0 Å². The van der Waals surface area contributed by atoms with Crippen molar-refractivity contribution in [3.8, 4) is 11.5 Å². The lowest BCUT2D eigenvalue weighted by Crippen LogP contribution is -2.27. The van der Waals surface area contributed by atoms with Crippen molar-refractivity contribution in [2.75, 3.05) is 13.2 Å². The maximum absolute atomic E-state index is 12.4. The zero-order chi connectivity index (χ0) is 16.4. The van der Waals surface area contributed by atoms with Gasteiger partial charge in [-0.2, -0.15) is 0 Å². The van der Waals surface area contributed by atoms with E-state index < -0.39 is 0 Å². The standard InChI is InChI=1S/C17H15Cl2NO3/c1-10(11-5-6-14-15(9-11)23-8-7-22-14)20-17(21)12-3-2-4-13(18)16(12)19/h2-6,9-10H,7-8H2,1H3,(H,20,21). The molecule has 1 atom stereocenters. The fourth-order valence-electron chi connectivity index (χ4n) is 2.37. The van der Waals surface area contributed by atoms with E-state index in [0.29, 0.717) is 29.5 Å². The topological polar surface area (TPSA) is 47.6 Å². The summed E-state index contributed by atoms with van der Waals surface area (Å²) >= 11 is 12.0. The molecular weight excluding hydrogens is 337 g/mol. The van der Waals surface area contributed by atoms with Gasteiger partial charge in [-0.3, -0.25) is 4.79 Å². The van der Waals surface area contributed by atoms with Gasteiger partial charge in [0.15, 0.2) is 11.5 Å². The molecule has 0 spiro atoms. The van der Waals surface area contributed by atoms with Crippen LogP contribution in [0.5, 0.6) is 11.5 Å². The fraction of sp³-hybridized carbons (Fsp3) is 0.235. The normalized spacial score (nSPS) is 14.2. The number of nitrogens with one attached hydrogen (secondary N) is 1. The van der Waals surface area contributed by atoms with Crippen molar-refractivity contribution in [2.24, 2.45) is 0 Å².